The summed E-state index contributed by atoms with van der Waals surface area (Å²) >= 11 is 0. The van der Waals surface area contributed by atoms with Gasteiger partial charge >= 0.3 is 12.1 Å². The van der Waals surface area contributed by atoms with Crippen LogP contribution in [0.4, 0.5) is 4.79 Å². The summed E-state index contributed by atoms with van der Waals surface area (Å²) in [5.74, 6) is -0.340. The fraction of sp³-hybridized carbons (Fsp3) is 0.650. The van der Waals surface area contributed by atoms with Crippen LogP contribution in [-0.4, -0.2) is 71.6 Å². The molecule has 8 nitrogen and oxygen atoms in total. The average Bonchev–Trinajstić information content (AvgIpc) is 3.02. The molecular formula is C20H31N3O5. The number of carbonyl (C=O) groups excluding carboxylic acids is 3. The summed E-state index contributed by atoms with van der Waals surface area (Å²) in [5.41, 5.74) is 0.914. The number of ether oxygens (including phenoxy) is 2. The lowest BCUT2D eigenvalue weighted by Crippen LogP contribution is -2.51. The van der Waals surface area contributed by atoms with Crippen LogP contribution in [0.1, 0.15) is 61.2 Å². The first-order valence-electron chi connectivity index (χ1n) is 9.59. The van der Waals surface area contributed by atoms with E-state index in [0.29, 0.717) is 49.9 Å². The number of nitrogens with one attached hydrogen (secondary N) is 1. The molecule has 0 aliphatic carbocycles. The topological polar surface area (TPSA) is 91.9 Å². The fourth-order valence-electron chi connectivity index (χ4n) is 3.09. The van der Waals surface area contributed by atoms with E-state index in [1.54, 1.807) is 15.9 Å². The van der Waals surface area contributed by atoms with Crippen LogP contribution in [-0.2, 0) is 15.9 Å². The molecule has 0 aromatic carbocycles. The molecule has 1 aromatic heterocycles. The lowest BCUT2D eigenvalue weighted by Gasteiger charge is -2.35. The summed E-state index contributed by atoms with van der Waals surface area (Å²) in [7, 11) is 1.32. The zero-order valence-electron chi connectivity index (χ0n) is 17.6. The first-order chi connectivity index (χ1) is 13.0. The highest BCUT2D eigenvalue weighted by molar-refractivity contribution is 5.97. The van der Waals surface area contributed by atoms with Crippen LogP contribution in [0.2, 0.25) is 0 Å². The molecule has 0 bridgehead atoms. The number of H-pyrrole nitrogens is 1. The Morgan fingerprint density at radius 3 is 2.18 bits per heavy atom. The summed E-state index contributed by atoms with van der Waals surface area (Å²) in [6.45, 7) is 11.2. The second-order valence-corrected chi connectivity index (χ2v) is 8.43. The van der Waals surface area contributed by atoms with E-state index in [9.17, 15) is 14.4 Å². The number of hydrogen-bond donors (Lipinski definition) is 1. The maximum absolute atomic E-state index is 12.9. The molecule has 0 saturated carbocycles. The number of rotatable bonds is 4. The molecule has 0 unspecified atom stereocenters. The molecule has 0 atom stereocenters. The predicted molar refractivity (Wildman–Crippen MR) is 104 cm³/mol. The molecule has 1 fully saturated rings. The van der Waals surface area contributed by atoms with Gasteiger partial charge in [0.05, 0.1) is 7.11 Å². The number of methoxy groups -OCH3 is 1. The van der Waals surface area contributed by atoms with Crippen LogP contribution in [0.3, 0.4) is 0 Å². The Hall–Kier alpha value is -2.51. The van der Waals surface area contributed by atoms with Crippen molar-refractivity contribution in [3.8, 4) is 0 Å². The molecule has 1 aromatic rings. The molecule has 1 N–H and O–H groups in total. The van der Waals surface area contributed by atoms with Crippen molar-refractivity contribution in [1.29, 1.82) is 0 Å². The molecular weight excluding hydrogens is 362 g/mol. The van der Waals surface area contributed by atoms with E-state index >= 15 is 0 Å². The van der Waals surface area contributed by atoms with E-state index in [1.165, 1.54) is 7.11 Å². The highest BCUT2D eigenvalue weighted by Gasteiger charge is 2.29. The summed E-state index contributed by atoms with van der Waals surface area (Å²) < 4.78 is 10.2. The minimum Gasteiger partial charge on any atom is -0.464 e. The maximum Gasteiger partial charge on any atom is 0.410 e. The third-order valence-electron chi connectivity index (χ3n) is 4.37. The normalized spacial score (nSPS) is 15.0. The summed E-state index contributed by atoms with van der Waals surface area (Å²) in [6, 6.07) is 1.73. The molecule has 8 heteroatoms. The number of aromatic amines is 1. The highest BCUT2D eigenvalue weighted by Crippen LogP contribution is 2.19. The van der Waals surface area contributed by atoms with Crippen LogP contribution < -0.4 is 0 Å². The van der Waals surface area contributed by atoms with E-state index in [2.05, 4.69) is 4.98 Å². The van der Waals surface area contributed by atoms with Crippen LogP contribution in [0.25, 0.3) is 0 Å². The minimum atomic E-state index is -0.550. The molecule has 0 spiro atoms. The molecule has 2 amide bonds. The first kappa shape index (κ1) is 21.8. The van der Waals surface area contributed by atoms with Crippen molar-refractivity contribution in [2.75, 3.05) is 33.3 Å². The summed E-state index contributed by atoms with van der Waals surface area (Å²) in [5, 5.41) is 0. The Morgan fingerprint density at radius 2 is 1.68 bits per heavy atom. The summed E-state index contributed by atoms with van der Waals surface area (Å²) in [4.78, 5) is 43.3. The number of aromatic nitrogens is 1. The lowest BCUT2D eigenvalue weighted by molar-refractivity contribution is 0.0140. The smallest absolute Gasteiger partial charge is 0.410 e. The molecule has 1 aliphatic rings. The largest absolute Gasteiger partial charge is 0.464 e. The van der Waals surface area contributed by atoms with Crippen LogP contribution in [0.15, 0.2) is 6.07 Å². The third-order valence-corrected chi connectivity index (χ3v) is 4.37. The van der Waals surface area contributed by atoms with Gasteiger partial charge in [-0.1, -0.05) is 13.8 Å². The van der Waals surface area contributed by atoms with Gasteiger partial charge in [-0.25, -0.2) is 9.59 Å². The SMILES string of the molecule is COC(=O)c1[nH]c(C(=O)N2CCN(C(=O)OC(C)(C)C)CC2)cc1CC(C)C. The van der Waals surface area contributed by atoms with Gasteiger partial charge in [0.15, 0.2) is 0 Å². The monoisotopic (exact) mass is 393 g/mol. The van der Waals surface area contributed by atoms with Gasteiger partial charge in [0.25, 0.3) is 5.91 Å². The second-order valence-electron chi connectivity index (χ2n) is 8.43. The van der Waals surface area contributed by atoms with Gasteiger partial charge in [-0.2, -0.15) is 0 Å². The van der Waals surface area contributed by atoms with E-state index in [0.717, 1.165) is 5.56 Å². The number of amides is 2. The standard InChI is InChI=1S/C20H31N3O5/c1-13(2)11-14-12-15(21-16(14)18(25)27-6)17(24)22-7-9-23(10-8-22)19(26)28-20(3,4)5/h12-13,21H,7-11H2,1-6H3. The van der Waals surface area contributed by atoms with Crippen LogP contribution >= 0.6 is 0 Å². The van der Waals surface area contributed by atoms with Crippen LogP contribution in [0, 0.1) is 5.92 Å². The van der Waals surface area contributed by atoms with Gasteiger partial charge in [0.1, 0.15) is 17.0 Å². The Labute approximate surface area is 166 Å². The van der Waals surface area contributed by atoms with Gasteiger partial charge in [-0.05, 0) is 44.7 Å². The number of carbonyl (C=O) groups is 3. The van der Waals surface area contributed by atoms with E-state index in [-0.39, 0.29) is 12.0 Å². The second kappa shape index (κ2) is 8.67. The van der Waals surface area contributed by atoms with Crippen molar-refractivity contribution >= 4 is 18.0 Å². The van der Waals surface area contributed by atoms with Gasteiger partial charge in [-0.15, -0.1) is 0 Å². The number of nitrogens with zero attached hydrogens (tertiary/aromatic N) is 2. The van der Waals surface area contributed by atoms with E-state index in [4.69, 9.17) is 9.47 Å². The molecule has 2 heterocycles. The van der Waals surface area contributed by atoms with Crippen molar-refractivity contribution in [2.45, 2.75) is 46.6 Å². The molecule has 1 aliphatic heterocycles. The maximum atomic E-state index is 12.9. The Balaban J connectivity index is 2.06. The van der Waals surface area contributed by atoms with Gasteiger partial charge < -0.3 is 24.3 Å². The van der Waals surface area contributed by atoms with Crippen molar-refractivity contribution in [1.82, 2.24) is 14.8 Å². The van der Waals surface area contributed by atoms with Crippen molar-refractivity contribution < 1.29 is 23.9 Å². The zero-order valence-corrected chi connectivity index (χ0v) is 17.6. The molecule has 156 valence electrons. The molecule has 1 saturated heterocycles. The zero-order chi connectivity index (χ0) is 21.1. The van der Waals surface area contributed by atoms with Crippen molar-refractivity contribution in [3.05, 3.63) is 23.0 Å². The summed E-state index contributed by atoms with van der Waals surface area (Å²) in [6.07, 6.45) is 0.298. The number of esters is 1. The first-order valence-corrected chi connectivity index (χ1v) is 9.59. The van der Waals surface area contributed by atoms with Crippen molar-refractivity contribution in [2.24, 2.45) is 5.92 Å². The quantitative estimate of drug-likeness (QED) is 0.794. The Kier molecular flexibility index (Phi) is 6.74. The lowest BCUT2D eigenvalue weighted by atomic mass is 10.0. The van der Waals surface area contributed by atoms with Crippen LogP contribution in [0.5, 0.6) is 0 Å². The minimum absolute atomic E-state index is 0.191. The fourth-order valence-corrected chi connectivity index (χ4v) is 3.09. The van der Waals surface area contributed by atoms with Gasteiger partial charge in [-0.3, -0.25) is 4.79 Å². The van der Waals surface area contributed by atoms with Gasteiger partial charge in [0.2, 0.25) is 0 Å². The predicted octanol–water partition coefficient (Wildman–Crippen LogP) is 2.69. The Bertz CT molecular complexity index is 725. The number of hydrogen-bond acceptors (Lipinski definition) is 5. The molecule has 2 rings (SSSR count). The number of piperazine rings is 1. The van der Waals surface area contributed by atoms with E-state index < -0.39 is 11.6 Å². The van der Waals surface area contributed by atoms with Gasteiger partial charge in [0, 0.05) is 26.2 Å². The van der Waals surface area contributed by atoms with Crippen molar-refractivity contribution in [3.63, 3.8) is 0 Å². The molecule has 28 heavy (non-hydrogen) atoms. The van der Waals surface area contributed by atoms with E-state index in [1.807, 2.05) is 34.6 Å². The third kappa shape index (κ3) is 5.50. The average molecular weight is 393 g/mol. The molecule has 0 radical (unpaired) electrons. The Morgan fingerprint density at radius 1 is 1.11 bits per heavy atom. The highest BCUT2D eigenvalue weighted by atomic mass is 16.6.